The van der Waals surface area contributed by atoms with Crippen LogP contribution >= 0.6 is 0 Å². The third-order valence-corrected chi connectivity index (χ3v) is 3.26. The van der Waals surface area contributed by atoms with Crippen LogP contribution in [0, 0.1) is 5.82 Å². The summed E-state index contributed by atoms with van der Waals surface area (Å²) in [5, 5.41) is 12.5. The molecule has 2 aromatic rings. The highest BCUT2D eigenvalue weighted by Gasteiger charge is 2.36. The Kier molecular flexibility index (Phi) is 5.18. The molecule has 0 aliphatic heterocycles. The van der Waals surface area contributed by atoms with Crippen LogP contribution in [0.4, 0.5) is 17.6 Å². The highest BCUT2D eigenvalue weighted by Crippen LogP contribution is 2.31. The minimum absolute atomic E-state index is 0.0283. The molecule has 1 aromatic heterocycles. The predicted octanol–water partition coefficient (Wildman–Crippen LogP) is 3.53. The lowest BCUT2D eigenvalue weighted by molar-refractivity contribution is -0.145. The maximum atomic E-state index is 13.1. The van der Waals surface area contributed by atoms with Gasteiger partial charge in [0.2, 0.25) is 5.82 Å². The molecule has 0 saturated heterocycles. The topological polar surface area (TPSA) is 112 Å². The number of carboxylic acid groups (broad SMARTS) is 1. The number of alkyl halides is 3. The smallest absolute Gasteiger partial charge is 0.451 e. The zero-order valence-electron chi connectivity index (χ0n) is 12.2. The second-order valence-corrected chi connectivity index (χ2v) is 4.85. The van der Waals surface area contributed by atoms with Crippen LogP contribution in [0.15, 0.2) is 41.8 Å². The zero-order valence-corrected chi connectivity index (χ0v) is 12.2. The van der Waals surface area contributed by atoms with Crippen LogP contribution in [0.1, 0.15) is 22.9 Å². The first-order valence-corrected chi connectivity index (χ1v) is 6.65. The van der Waals surface area contributed by atoms with E-state index in [0.717, 1.165) is 24.5 Å². The van der Waals surface area contributed by atoms with Crippen molar-refractivity contribution in [1.82, 2.24) is 9.97 Å². The van der Waals surface area contributed by atoms with Gasteiger partial charge < -0.3 is 5.11 Å². The Morgan fingerprint density at radius 1 is 1.16 bits per heavy atom. The van der Waals surface area contributed by atoms with Gasteiger partial charge in [0.05, 0.1) is 0 Å². The summed E-state index contributed by atoms with van der Waals surface area (Å²) in [6.07, 6.45) is -3.17. The van der Waals surface area contributed by atoms with Gasteiger partial charge in [-0.1, -0.05) is 17.2 Å². The SMILES string of the molecule is [N-]=[N+]=NC(C(=O)O)[C@@H](c1ccc(F)cc1)c1cnc(C(F)(F)F)nc1. The standard InChI is InChI=1S/C14H9F4N5O2/c15-9-3-1-7(2-4-9)10(11(12(24)25)22-23-19)8-5-20-13(21-6-8)14(16,17)18/h1-6,10-11H,(H,24,25)/t10-,11?/m0/s1. The first kappa shape index (κ1) is 18.1. The molecule has 1 N–H and O–H groups in total. The van der Waals surface area contributed by atoms with Gasteiger partial charge in [0.1, 0.15) is 11.9 Å². The molecule has 0 radical (unpaired) electrons. The number of carbonyl (C=O) groups is 1. The van der Waals surface area contributed by atoms with Gasteiger partial charge in [0.25, 0.3) is 0 Å². The van der Waals surface area contributed by atoms with Crippen molar-refractivity contribution in [2.24, 2.45) is 5.11 Å². The molecular formula is C14H9F4N5O2. The van der Waals surface area contributed by atoms with Crippen LogP contribution in [0.2, 0.25) is 0 Å². The molecule has 0 spiro atoms. The van der Waals surface area contributed by atoms with Crippen LogP contribution < -0.4 is 0 Å². The van der Waals surface area contributed by atoms with Crippen molar-refractivity contribution < 1.29 is 27.5 Å². The van der Waals surface area contributed by atoms with Crippen molar-refractivity contribution in [3.05, 3.63) is 69.9 Å². The second kappa shape index (κ2) is 7.14. The molecule has 0 amide bonds. The number of aliphatic carboxylic acids is 1. The third kappa shape index (κ3) is 4.21. The van der Waals surface area contributed by atoms with E-state index in [1.54, 1.807) is 0 Å². The minimum Gasteiger partial charge on any atom is -0.481 e. The zero-order chi connectivity index (χ0) is 18.6. The van der Waals surface area contributed by atoms with E-state index in [1.807, 2.05) is 0 Å². The minimum atomic E-state index is -4.76. The van der Waals surface area contributed by atoms with Crippen LogP contribution in [0.3, 0.4) is 0 Å². The fraction of sp³-hybridized carbons (Fsp3) is 0.214. The number of hydrogen-bond donors (Lipinski definition) is 1. The first-order valence-electron chi connectivity index (χ1n) is 6.65. The van der Waals surface area contributed by atoms with Gasteiger partial charge >= 0.3 is 12.1 Å². The lowest BCUT2D eigenvalue weighted by atomic mass is 9.87. The highest BCUT2D eigenvalue weighted by atomic mass is 19.4. The first-order chi connectivity index (χ1) is 11.7. The number of azide groups is 1. The van der Waals surface area contributed by atoms with E-state index in [1.165, 1.54) is 12.1 Å². The Labute approximate surface area is 137 Å². The average Bonchev–Trinajstić information content (AvgIpc) is 2.55. The summed E-state index contributed by atoms with van der Waals surface area (Å²) in [5.74, 6) is -4.70. The molecule has 0 bridgehead atoms. The summed E-state index contributed by atoms with van der Waals surface area (Å²) >= 11 is 0. The molecule has 11 heteroatoms. The van der Waals surface area contributed by atoms with Crippen molar-refractivity contribution in [2.45, 2.75) is 18.1 Å². The Balaban J connectivity index is 2.56. The highest BCUT2D eigenvalue weighted by molar-refractivity contribution is 5.76. The van der Waals surface area contributed by atoms with Gasteiger partial charge in [-0.3, -0.25) is 4.79 Å². The molecular weight excluding hydrogens is 346 g/mol. The molecule has 7 nitrogen and oxygen atoms in total. The molecule has 1 aromatic carbocycles. The molecule has 25 heavy (non-hydrogen) atoms. The van der Waals surface area contributed by atoms with Crippen molar-refractivity contribution in [3.8, 4) is 0 Å². The normalized spacial score (nSPS) is 13.6. The second-order valence-electron chi connectivity index (χ2n) is 4.85. The number of rotatable bonds is 5. The van der Waals surface area contributed by atoms with Gasteiger partial charge in [-0.05, 0) is 28.8 Å². The van der Waals surface area contributed by atoms with Gasteiger partial charge in [-0.15, -0.1) is 0 Å². The number of aromatic nitrogens is 2. The molecule has 130 valence electrons. The molecule has 0 aliphatic carbocycles. The summed E-state index contributed by atoms with van der Waals surface area (Å²) in [6.45, 7) is 0. The Morgan fingerprint density at radius 3 is 2.16 bits per heavy atom. The molecule has 0 fully saturated rings. The summed E-state index contributed by atoms with van der Waals surface area (Å²) < 4.78 is 50.8. The predicted molar refractivity (Wildman–Crippen MR) is 75.8 cm³/mol. The number of hydrogen-bond acceptors (Lipinski definition) is 4. The van der Waals surface area contributed by atoms with E-state index in [-0.39, 0.29) is 11.1 Å². The van der Waals surface area contributed by atoms with Gasteiger partial charge in [-0.25, -0.2) is 14.4 Å². The van der Waals surface area contributed by atoms with Crippen LogP contribution in [0.5, 0.6) is 0 Å². The monoisotopic (exact) mass is 355 g/mol. The van der Waals surface area contributed by atoms with Crippen molar-refractivity contribution in [1.29, 1.82) is 0 Å². The summed E-state index contributed by atoms with van der Waals surface area (Å²) in [5.41, 5.74) is 8.76. The number of halogens is 4. The molecule has 1 heterocycles. The quantitative estimate of drug-likeness (QED) is 0.383. The Morgan fingerprint density at radius 2 is 1.72 bits per heavy atom. The van der Waals surface area contributed by atoms with E-state index >= 15 is 0 Å². The molecule has 0 saturated carbocycles. The van der Waals surface area contributed by atoms with Crippen molar-refractivity contribution in [3.63, 3.8) is 0 Å². The maximum Gasteiger partial charge on any atom is 0.451 e. The number of carboxylic acids is 1. The molecule has 2 atom stereocenters. The maximum absolute atomic E-state index is 13.1. The van der Waals surface area contributed by atoms with Crippen molar-refractivity contribution >= 4 is 5.97 Å². The van der Waals surface area contributed by atoms with E-state index in [9.17, 15) is 27.5 Å². The van der Waals surface area contributed by atoms with Crippen LogP contribution in [-0.2, 0) is 11.0 Å². The number of benzene rings is 1. The van der Waals surface area contributed by atoms with E-state index in [2.05, 4.69) is 20.0 Å². The lowest BCUT2D eigenvalue weighted by Crippen LogP contribution is -2.27. The van der Waals surface area contributed by atoms with Crippen LogP contribution in [-0.4, -0.2) is 27.1 Å². The van der Waals surface area contributed by atoms with E-state index in [0.29, 0.717) is 0 Å². The fourth-order valence-electron chi connectivity index (χ4n) is 2.19. The summed E-state index contributed by atoms with van der Waals surface area (Å²) in [6, 6.07) is 2.88. The van der Waals surface area contributed by atoms with Gasteiger partial charge in [0.15, 0.2) is 0 Å². The van der Waals surface area contributed by atoms with E-state index < -0.39 is 35.7 Å². The van der Waals surface area contributed by atoms with Crippen LogP contribution in [0.25, 0.3) is 10.4 Å². The molecule has 1 unspecified atom stereocenters. The Hall–Kier alpha value is -3.20. The Bertz CT molecular complexity index is 799. The van der Waals surface area contributed by atoms with E-state index in [4.69, 9.17) is 5.53 Å². The summed E-state index contributed by atoms with van der Waals surface area (Å²) in [7, 11) is 0. The number of nitrogens with zero attached hydrogens (tertiary/aromatic N) is 5. The summed E-state index contributed by atoms with van der Waals surface area (Å²) in [4.78, 5) is 20.2. The molecule has 2 rings (SSSR count). The largest absolute Gasteiger partial charge is 0.481 e. The fourth-order valence-corrected chi connectivity index (χ4v) is 2.19. The average molecular weight is 355 g/mol. The van der Waals surface area contributed by atoms with Gasteiger partial charge in [-0.2, -0.15) is 13.2 Å². The molecule has 0 aliphatic rings. The third-order valence-electron chi connectivity index (χ3n) is 3.26. The van der Waals surface area contributed by atoms with Crippen molar-refractivity contribution in [2.75, 3.05) is 0 Å². The van der Waals surface area contributed by atoms with Gasteiger partial charge in [0, 0.05) is 23.2 Å². The lowest BCUT2D eigenvalue weighted by Gasteiger charge is -2.21.